The van der Waals surface area contributed by atoms with Crippen LogP contribution >= 0.6 is 0 Å². The zero-order chi connectivity index (χ0) is 18.9. The van der Waals surface area contributed by atoms with Gasteiger partial charge in [0.15, 0.2) is 6.20 Å². The lowest BCUT2D eigenvalue weighted by atomic mass is 9.66. The van der Waals surface area contributed by atoms with Crippen LogP contribution in [-0.4, -0.2) is 17.3 Å². The maximum Gasteiger partial charge on any atom is 0.259 e. The summed E-state index contributed by atoms with van der Waals surface area (Å²) in [5.41, 5.74) is -0.389. The smallest absolute Gasteiger partial charge is 0.259 e. The highest BCUT2D eigenvalue weighted by atomic mass is 16.5. The number of hydrogen-bond donors (Lipinski definition) is 0. The van der Waals surface area contributed by atoms with Crippen LogP contribution < -0.4 is 4.73 Å². The molecule has 0 amide bonds. The minimum absolute atomic E-state index is 0.0138. The first kappa shape index (κ1) is 18.0. The van der Waals surface area contributed by atoms with Gasteiger partial charge in [-0.3, -0.25) is 14.4 Å². The van der Waals surface area contributed by atoms with Crippen LogP contribution in [0.15, 0.2) is 47.2 Å². The second-order valence-corrected chi connectivity index (χ2v) is 7.59. The van der Waals surface area contributed by atoms with Crippen molar-refractivity contribution in [2.75, 3.05) is 0 Å². The molecule has 1 saturated carbocycles. The van der Waals surface area contributed by atoms with E-state index in [0.717, 1.165) is 0 Å². The number of carbonyl (C=O) groups excluding carboxylic acids is 3. The molecule has 26 heavy (non-hydrogen) atoms. The van der Waals surface area contributed by atoms with E-state index in [0.29, 0.717) is 10.5 Å². The summed E-state index contributed by atoms with van der Waals surface area (Å²) in [6.07, 6.45) is 3.12. The van der Waals surface area contributed by atoms with Gasteiger partial charge in [-0.05, 0) is 23.6 Å². The van der Waals surface area contributed by atoms with Crippen LogP contribution in [0.4, 0.5) is 0 Å². The Hall–Kier alpha value is -2.76. The zero-order valence-electron chi connectivity index (χ0n) is 14.8. The zero-order valence-corrected chi connectivity index (χ0v) is 14.8. The predicted octanol–water partition coefficient (Wildman–Crippen LogP) is 2.84. The fraction of sp³-hybridized carbons (Fsp3) is 0.400. The number of furan rings is 1. The summed E-state index contributed by atoms with van der Waals surface area (Å²) in [7, 11) is 0. The van der Waals surface area contributed by atoms with Crippen molar-refractivity contribution in [3.8, 4) is 0 Å². The molecule has 1 aliphatic carbocycles. The van der Waals surface area contributed by atoms with Crippen molar-refractivity contribution in [3.63, 3.8) is 0 Å². The maximum absolute atomic E-state index is 12.7. The average Bonchev–Trinajstić information content (AvgIpc) is 3.06. The van der Waals surface area contributed by atoms with Gasteiger partial charge in [-0.2, -0.15) is 4.73 Å². The van der Waals surface area contributed by atoms with Crippen molar-refractivity contribution in [2.45, 2.75) is 39.0 Å². The van der Waals surface area contributed by atoms with E-state index in [-0.39, 0.29) is 41.9 Å². The molecule has 3 rings (SSSR count). The van der Waals surface area contributed by atoms with E-state index in [1.165, 1.54) is 24.6 Å². The number of ketones is 3. The topological polar surface area (TPSA) is 91.3 Å². The van der Waals surface area contributed by atoms with Crippen LogP contribution in [0.25, 0.3) is 0 Å². The Morgan fingerprint density at radius 3 is 2.50 bits per heavy atom. The van der Waals surface area contributed by atoms with Crippen LogP contribution in [0, 0.1) is 16.5 Å². The van der Waals surface area contributed by atoms with Crippen LogP contribution in [0.1, 0.15) is 55.3 Å². The van der Waals surface area contributed by atoms with Gasteiger partial charge in [0.1, 0.15) is 17.3 Å². The van der Waals surface area contributed by atoms with Gasteiger partial charge in [0.05, 0.1) is 12.2 Å². The Morgan fingerprint density at radius 2 is 1.92 bits per heavy atom. The summed E-state index contributed by atoms with van der Waals surface area (Å²) in [4.78, 5) is 38.1. The molecule has 0 bridgehead atoms. The minimum Gasteiger partial charge on any atom is -0.618 e. The van der Waals surface area contributed by atoms with Crippen molar-refractivity contribution in [3.05, 3.63) is 59.5 Å². The van der Waals surface area contributed by atoms with Crippen molar-refractivity contribution >= 4 is 17.3 Å². The first-order valence-corrected chi connectivity index (χ1v) is 8.59. The normalized spacial score (nSPS) is 18.7. The molecule has 2 aromatic rings. The third-order valence-corrected chi connectivity index (χ3v) is 4.83. The number of Topliss-reactive ketones (excluding diaryl/α,β-unsaturated/α-hetero) is 3. The fourth-order valence-corrected chi connectivity index (χ4v) is 3.69. The van der Waals surface area contributed by atoms with Gasteiger partial charge in [-0.15, -0.1) is 0 Å². The Morgan fingerprint density at radius 1 is 1.23 bits per heavy atom. The molecule has 136 valence electrons. The minimum atomic E-state index is -0.915. The average molecular weight is 355 g/mol. The molecular formula is C20H21NO5. The predicted molar refractivity (Wildman–Crippen MR) is 92.3 cm³/mol. The molecule has 6 nitrogen and oxygen atoms in total. The third-order valence-electron chi connectivity index (χ3n) is 4.83. The van der Waals surface area contributed by atoms with Crippen LogP contribution in [0.5, 0.6) is 0 Å². The lowest BCUT2D eigenvalue weighted by Gasteiger charge is -2.34. The Bertz CT molecular complexity index is 818. The monoisotopic (exact) mass is 355 g/mol. The molecule has 0 spiro atoms. The first-order valence-electron chi connectivity index (χ1n) is 8.59. The fourth-order valence-electron chi connectivity index (χ4n) is 3.69. The van der Waals surface area contributed by atoms with Gasteiger partial charge in [-0.25, -0.2) is 0 Å². The Labute approximate surface area is 151 Å². The molecule has 0 unspecified atom stereocenters. The van der Waals surface area contributed by atoms with Gasteiger partial charge in [0.2, 0.25) is 5.78 Å². The Kier molecular flexibility index (Phi) is 4.76. The molecular weight excluding hydrogens is 334 g/mol. The second kappa shape index (κ2) is 6.86. The summed E-state index contributed by atoms with van der Waals surface area (Å²) in [5, 5.41) is 11.9. The number of carbonyl (C=O) groups is 3. The molecule has 2 heterocycles. The summed E-state index contributed by atoms with van der Waals surface area (Å²) in [5.74, 6) is -1.98. The van der Waals surface area contributed by atoms with E-state index in [4.69, 9.17) is 4.42 Å². The molecule has 1 aliphatic rings. The number of nitrogens with zero attached hydrogens (tertiary/aromatic N) is 1. The number of rotatable bonds is 5. The van der Waals surface area contributed by atoms with E-state index in [9.17, 15) is 19.6 Å². The maximum atomic E-state index is 12.7. The molecule has 0 aliphatic heterocycles. The molecule has 0 saturated heterocycles. The SMILES string of the molecule is CC1(C)CC(=O)C([C@H](CC(=O)c2cccc[n+]2[O-])c2ccco2)C(=O)C1. The van der Waals surface area contributed by atoms with Crippen molar-refractivity contribution in [1.29, 1.82) is 0 Å². The van der Waals surface area contributed by atoms with Gasteiger partial charge >= 0.3 is 0 Å². The lowest BCUT2D eigenvalue weighted by molar-refractivity contribution is -0.607. The number of pyridine rings is 1. The highest BCUT2D eigenvalue weighted by Gasteiger charge is 2.45. The molecule has 1 atom stereocenters. The largest absolute Gasteiger partial charge is 0.618 e. The van der Waals surface area contributed by atoms with Crippen molar-refractivity contribution in [2.24, 2.45) is 11.3 Å². The summed E-state index contributed by atoms with van der Waals surface area (Å²) in [6, 6.07) is 7.88. The van der Waals surface area contributed by atoms with Crippen LogP contribution in [0.2, 0.25) is 0 Å². The lowest BCUT2D eigenvalue weighted by Crippen LogP contribution is -2.42. The van der Waals surface area contributed by atoms with E-state index < -0.39 is 17.6 Å². The molecule has 0 radical (unpaired) electrons. The van der Waals surface area contributed by atoms with Gasteiger partial charge in [-0.1, -0.05) is 13.8 Å². The second-order valence-electron chi connectivity index (χ2n) is 7.59. The Balaban J connectivity index is 1.92. The van der Waals surface area contributed by atoms with E-state index in [2.05, 4.69) is 0 Å². The number of hydrogen-bond acceptors (Lipinski definition) is 5. The molecule has 1 fully saturated rings. The van der Waals surface area contributed by atoms with Gasteiger partial charge < -0.3 is 9.62 Å². The van der Waals surface area contributed by atoms with Crippen LogP contribution in [0.3, 0.4) is 0 Å². The molecule has 0 aromatic carbocycles. The van der Waals surface area contributed by atoms with Crippen LogP contribution in [-0.2, 0) is 9.59 Å². The summed E-state index contributed by atoms with van der Waals surface area (Å²) >= 11 is 0. The summed E-state index contributed by atoms with van der Waals surface area (Å²) in [6.45, 7) is 3.77. The van der Waals surface area contributed by atoms with Crippen molar-refractivity contribution < 1.29 is 23.5 Å². The first-order chi connectivity index (χ1) is 12.3. The highest BCUT2D eigenvalue weighted by molar-refractivity contribution is 6.07. The molecule has 2 aromatic heterocycles. The van der Waals surface area contributed by atoms with Gasteiger partial charge in [0.25, 0.3) is 5.69 Å². The van der Waals surface area contributed by atoms with Gasteiger partial charge in [0, 0.05) is 37.3 Å². The quantitative estimate of drug-likeness (QED) is 0.356. The third kappa shape index (κ3) is 3.59. The summed E-state index contributed by atoms with van der Waals surface area (Å²) < 4.78 is 5.92. The molecule has 6 heteroatoms. The standard InChI is InChI=1S/C20H21NO5/c1-20(2)11-16(23)19(17(24)12-20)13(18-7-5-9-26-18)10-15(22)14-6-3-4-8-21(14)25/h3-9,13,19H,10-12H2,1-2H3/t13-/m1/s1. The number of aromatic nitrogens is 1. The molecule has 0 N–H and O–H groups in total. The van der Waals surface area contributed by atoms with E-state index >= 15 is 0 Å². The van der Waals surface area contributed by atoms with Crippen molar-refractivity contribution in [1.82, 2.24) is 0 Å². The highest BCUT2D eigenvalue weighted by Crippen LogP contribution is 2.41. The van der Waals surface area contributed by atoms with E-state index in [1.54, 1.807) is 18.2 Å². The van der Waals surface area contributed by atoms with E-state index in [1.807, 2.05) is 13.8 Å².